The molecule has 3 heteroatoms. The van der Waals surface area contributed by atoms with E-state index in [1.165, 1.54) is 16.7 Å². The molecule has 18 heavy (non-hydrogen) atoms. The van der Waals surface area contributed by atoms with Gasteiger partial charge in [-0.05, 0) is 28.1 Å². The Hall–Kier alpha value is -2.25. The Morgan fingerprint density at radius 3 is 2.44 bits per heavy atom. The van der Waals surface area contributed by atoms with Crippen molar-refractivity contribution in [2.45, 2.75) is 12.8 Å². The van der Waals surface area contributed by atoms with Gasteiger partial charge >= 0.3 is 0 Å². The molecule has 0 bridgehead atoms. The van der Waals surface area contributed by atoms with Gasteiger partial charge in [0.25, 0.3) is 0 Å². The van der Waals surface area contributed by atoms with Crippen LogP contribution in [0.15, 0.2) is 59.7 Å². The molecule has 0 aliphatic rings. The second-order valence-corrected chi connectivity index (χ2v) is 4.27. The van der Waals surface area contributed by atoms with Crippen molar-refractivity contribution in [3.05, 3.63) is 70.6 Å². The third-order valence-electron chi connectivity index (χ3n) is 3.00. The van der Waals surface area contributed by atoms with Crippen molar-refractivity contribution in [1.29, 1.82) is 0 Å². The van der Waals surface area contributed by atoms with Crippen LogP contribution in [-0.2, 0) is 0 Å². The zero-order valence-corrected chi connectivity index (χ0v) is 10.3. The highest BCUT2D eigenvalue weighted by atomic mass is 15.1. The number of hydrogen-bond donors (Lipinski definition) is 0. The monoisotopic (exact) mass is 237 g/mol. The van der Waals surface area contributed by atoms with E-state index in [1.54, 1.807) is 0 Å². The summed E-state index contributed by atoms with van der Waals surface area (Å²) in [4.78, 5) is 2.83. The lowest BCUT2D eigenvalue weighted by molar-refractivity contribution is 0.771. The first-order valence-electron chi connectivity index (χ1n) is 5.98. The van der Waals surface area contributed by atoms with Crippen LogP contribution in [0.4, 0.5) is 0 Å². The second-order valence-electron chi connectivity index (χ2n) is 4.27. The van der Waals surface area contributed by atoms with Gasteiger partial charge in [0.1, 0.15) is 0 Å². The molecule has 0 N–H and O–H groups in total. The predicted molar refractivity (Wildman–Crippen MR) is 74.3 cm³/mol. The van der Waals surface area contributed by atoms with E-state index in [2.05, 4.69) is 41.2 Å². The van der Waals surface area contributed by atoms with Crippen molar-refractivity contribution >= 4 is 0 Å². The minimum absolute atomic E-state index is 0.220. The molecule has 1 unspecified atom stereocenters. The van der Waals surface area contributed by atoms with E-state index in [4.69, 9.17) is 5.53 Å². The van der Waals surface area contributed by atoms with Crippen LogP contribution in [0, 0.1) is 0 Å². The quantitative estimate of drug-likeness (QED) is 0.418. The van der Waals surface area contributed by atoms with Crippen molar-refractivity contribution in [3.8, 4) is 11.1 Å². The number of benzene rings is 2. The van der Waals surface area contributed by atoms with Gasteiger partial charge in [0.15, 0.2) is 0 Å². The van der Waals surface area contributed by atoms with Gasteiger partial charge in [-0.15, -0.1) is 0 Å². The summed E-state index contributed by atoms with van der Waals surface area (Å²) in [6.45, 7) is 2.57. The fraction of sp³-hybridized carbons (Fsp3) is 0.200. The molecule has 0 heterocycles. The summed E-state index contributed by atoms with van der Waals surface area (Å²) < 4.78 is 0. The van der Waals surface area contributed by atoms with Crippen LogP contribution in [0.2, 0.25) is 0 Å². The molecule has 0 amide bonds. The largest absolute Gasteiger partial charge is 0.0934 e. The van der Waals surface area contributed by atoms with Gasteiger partial charge in [0.05, 0.1) is 0 Å². The highest BCUT2D eigenvalue weighted by molar-refractivity contribution is 5.67. The summed E-state index contributed by atoms with van der Waals surface area (Å²) in [7, 11) is 0. The molecule has 2 rings (SSSR count). The lowest BCUT2D eigenvalue weighted by atomic mass is 9.92. The molecule has 90 valence electrons. The molecule has 2 aromatic carbocycles. The Labute approximate surface area is 107 Å². The minimum Gasteiger partial charge on any atom is -0.0934 e. The summed E-state index contributed by atoms with van der Waals surface area (Å²) in [5.74, 6) is 0.220. The number of nitrogens with zero attached hydrogens (tertiary/aromatic N) is 3. The van der Waals surface area contributed by atoms with E-state index < -0.39 is 0 Å². The third-order valence-corrected chi connectivity index (χ3v) is 3.00. The minimum atomic E-state index is 0.220. The Morgan fingerprint density at radius 2 is 1.72 bits per heavy atom. The molecule has 0 aromatic heterocycles. The standard InChI is InChI=1S/C15H15N3/c1-12(11-17-18-16)14-9-5-6-10-15(14)13-7-3-2-4-8-13/h2-10,12H,11H2,1H3. The molecule has 2 aromatic rings. The number of hydrogen-bond acceptors (Lipinski definition) is 1. The maximum absolute atomic E-state index is 8.41. The highest BCUT2D eigenvalue weighted by Crippen LogP contribution is 2.29. The lowest BCUT2D eigenvalue weighted by Crippen LogP contribution is -1.99. The second kappa shape index (κ2) is 5.89. The molecule has 0 aliphatic heterocycles. The average molecular weight is 237 g/mol. The van der Waals surface area contributed by atoms with Gasteiger partial charge in [-0.25, -0.2) is 0 Å². The molecule has 0 aliphatic carbocycles. The van der Waals surface area contributed by atoms with E-state index in [9.17, 15) is 0 Å². The fourth-order valence-corrected chi connectivity index (χ4v) is 2.06. The molecule has 0 saturated heterocycles. The van der Waals surface area contributed by atoms with Gasteiger partial charge < -0.3 is 0 Å². The van der Waals surface area contributed by atoms with Crippen LogP contribution >= 0.6 is 0 Å². The van der Waals surface area contributed by atoms with Crippen molar-refractivity contribution in [1.82, 2.24) is 0 Å². The number of azide groups is 1. The van der Waals surface area contributed by atoms with E-state index in [0.717, 1.165) is 0 Å². The Morgan fingerprint density at radius 1 is 1.06 bits per heavy atom. The molecule has 0 spiro atoms. The maximum atomic E-state index is 8.41. The Bertz CT molecular complexity index is 557. The molecular formula is C15H15N3. The first kappa shape index (κ1) is 12.2. The average Bonchev–Trinajstić information content (AvgIpc) is 2.45. The molecule has 0 saturated carbocycles. The third kappa shape index (κ3) is 2.70. The van der Waals surface area contributed by atoms with Gasteiger partial charge in [-0.2, -0.15) is 0 Å². The van der Waals surface area contributed by atoms with Crippen LogP contribution < -0.4 is 0 Å². The van der Waals surface area contributed by atoms with Crippen molar-refractivity contribution in [3.63, 3.8) is 0 Å². The van der Waals surface area contributed by atoms with E-state index >= 15 is 0 Å². The summed E-state index contributed by atoms with van der Waals surface area (Å²) in [5.41, 5.74) is 12.0. The summed E-state index contributed by atoms with van der Waals surface area (Å²) >= 11 is 0. The fourth-order valence-electron chi connectivity index (χ4n) is 2.06. The molecule has 3 nitrogen and oxygen atoms in total. The zero-order chi connectivity index (χ0) is 12.8. The van der Waals surface area contributed by atoms with Crippen molar-refractivity contribution in [2.75, 3.05) is 6.54 Å². The normalized spacial score (nSPS) is 11.6. The number of rotatable bonds is 4. The highest BCUT2D eigenvalue weighted by Gasteiger charge is 2.10. The van der Waals surface area contributed by atoms with Gasteiger partial charge in [-0.1, -0.05) is 66.6 Å². The van der Waals surface area contributed by atoms with Crippen LogP contribution in [0.1, 0.15) is 18.4 Å². The SMILES string of the molecule is CC(CN=[N+]=[N-])c1ccccc1-c1ccccc1. The van der Waals surface area contributed by atoms with Crippen molar-refractivity contribution in [2.24, 2.45) is 5.11 Å². The van der Waals surface area contributed by atoms with Gasteiger partial charge in [-0.3, -0.25) is 0 Å². The van der Waals surface area contributed by atoms with Crippen LogP contribution in [0.5, 0.6) is 0 Å². The lowest BCUT2D eigenvalue weighted by Gasteiger charge is -2.14. The molecule has 1 atom stereocenters. The summed E-state index contributed by atoms with van der Waals surface area (Å²) in [5, 5.41) is 3.66. The van der Waals surface area contributed by atoms with Gasteiger partial charge in [0.2, 0.25) is 0 Å². The van der Waals surface area contributed by atoms with Crippen LogP contribution in [-0.4, -0.2) is 6.54 Å². The van der Waals surface area contributed by atoms with Crippen LogP contribution in [0.3, 0.4) is 0 Å². The first-order chi connectivity index (χ1) is 8.83. The Balaban J connectivity index is 2.40. The first-order valence-corrected chi connectivity index (χ1v) is 5.98. The van der Waals surface area contributed by atoms with E-state index in [0.29, 0.717) is 6.54 Å². The molecular weight excluding hydrogens is 222 g/mol. The maximum Gasteiger partial charge on any atom is 0.0324 e. The summed E-state index contributed by atoms with van der Waals surface area (Å²) in [6.07, 6.45) is 0. The van der Waals surface area contributed by atoms with E-state index in [1.807, 2.05) is 30.3 Å². The predicted octanol–water partition coefficient (Wildman–Crippen LogP) is 4.77. The topological polar surface area (TPSA) is 48.8 Å². The Kier molecular flexibility index (Phi) is 4.00. The molecule has 0 fully saturated rings. The van der Waals surface area contributed by atoms with Crippen LogP contribution in [0.25, 0.3) is 21.6 Å². The van der Waals surface area contributed by atoms with E-state index in [-0.39, 0.29) is 5.92 Å². The summed E-state index contributed by atoms with van der Waals surface area (Å²) in [6, 6.07) is 18.5. The smallest absolute Gasteiger partial charge is 0.0324 e. The molecule has 0 radical (unpaired) electrons. The van der Waals surface area contributed by atoms with Crippen molar-refractivity contribution < 1.29 is 0 Å². The van der Waals surface area contributed by atoms with Gasteiger partial charge in [0, 0.05) is 11.5 Å². The zero-order valence-electron chi connectivity index (χ0n) is 10.3.